The molecule has 30 heavy (non-hydrogen) atoms. The molecule has 0 saturated heterocycles. The molecule has 9 nitrogen and oxygen atoms in total. The van der Waals surface area contributed by atoms with E-state index >= 15 is 0 Å². The highest BCUT2D eigenvalue weighted by molar-refractivity contribution is 6.44. The van der Waals surface area contributed by atoms with Gasteiger partial charge in [-0.15, -0.1) is 0 Å². The van der Waals surface area contributed by atoms with E-state index in [1.54, 1.807) is 0 Å². The fraction of sp³-hybridized carbons (Fsp3) is 0.333. The van der Waals surface area contributed by atoms with E-state index in [-0.39, 0.29) is 16.9 Å². The van der Waals surface area contributed by atoms with Crippen molar-refractivity contribution in [2.24, 2.45) is 0 Å². The molecule has 0 aliphatic heterocycles. The van der Waals surface area contributed by atoms with Crippen molar-refractivity contribution >= 4 is 36.1 Å². The van der Waals surface area contributed by atoms with E-state index in [0.29, 0.717) is 18.9 Å². The van der Waals surface area contributed by atoms with Crippen LogP contribution in [0.2, 0.25) is 0 Å². The van der Waals surface area contributed by atoms with Gasteiger partial charge in [0.1, 0.15) is 5.56 Å². The van der Waals surface area contributed by atoms with Crippen LogP contribution in [0, 0.1) is 11.6 Å². The van der Waals surface area contributed by atoms with E-state index in [1.165, 1.54) is 4.57 Å². The average Bonchev–Trinajstić information content (AvgIpc) is 3.47. The van der Waals surface area contributed by atoms with E-state index in [4.69, 9.17) is 9.39 Å². The van der Waals surface area contributed by atoms with Crippen molar-refractivity contribution in [2.75, 3.05) is 7.11 Å². The van der Waals surface area contributed by atoms with Crippen molar-refractivity contribution in [1.82, 2.24) is 4.57 Å². The third-order valence-electron chi connectivity index (χ3n) is 4.26. The van der Waals surface area contributed by atoms with Gasteiger partial charge in [-0.05, 0) is 18.9 Å². The van der Waals surface area contributed by atoms with Gasteiger partial charge in [-0.1, -0.05) is 0 Å². The van der Waals surface area contributed by atoms with Crippen molar-refractivity contribution < 1.29 is 41.9 Å². The molecule has 1 aromatic heterocycles. The van der Waals surface area contributed by atoms with Crippen LogP contribution < -0.4 is 10.2 Å². The zero-order valence-corrected chi connectivity index (χ0v) is 16.2. The second kappa shape index (κ2) is 8.13. The lowest BCUT2D eigenvalue weighted by molar-refractivity contribution is -0.139. The Balaban J connectivity index is 2.12. The van der Waals surface area contributed by atoms with Gasteiger partial charge in [-0.3, -0.25) is 14.4 Å². The molecule has 1 aliphatic rings. The molecule has 1 aromatic carbocycles. The summed E-state index contributed by atoms with van der Waals surface area (Å²) < 4.78 is 48.6. The number of fused-ring (bicyclic) bond motifs is 1. The molecule has 0 unspecified atom stereocenters. The maximum atomic E-state index is 14.2. The fourth-order valence-corrected chi connectivity index (χ4v) is 2.90. The Morgan fingerprint density at radius 1 is 1.10 bits per heavy atom. The molecule has 3 rings (SSSR count). The van der Waals surface area contributed by atoms with Crippen molar-refractivity contribution in [3.8, 4) is 5.75 Å². The van der Waals surface area contributed by atoms with Crippen molar-refractivity contribution in [3.05, 3.63) is 39.7 Å². The number of rotatable bonds is 6. The zero-order valence-electron chi connectivity index (χ0n) is 16.2. The number of carbonyl (C=O) groups excluding carboxylic acids is 3. The molecule has 0 N–H and O–H groups in total. The van der Waals surface area contributed by atoms with Gasteiger partial charge in [-0.2, -0.15) is 4.39 Å². The standard InChI is InChI=1S/C18H16BF2NO8/c1-8(23)28-19(29-9(2)24)30-18(26)12-7-22(10-4-5-10)15-11(16(12)25)6-13(20)14(21)17(15)27-3/h6-7,10H,4-5H2,1-3H3. The van der Waals surface area contributed by atoms with Crippen molar-refractivity contribution in [2.45, 2.75) is 32.7 Å². The maximum Gasteiger partial charge on any atom is 0.870 e. The number of hydrogen-bond donors (Lipinski definition) is 0. The van der Waals surface area contributed by atoms with Gasteiger partial charge in [0.2, 0.25) is 11.2 Å². The molecule has 1 fully saturated rings. The summed E-state index contributed by atoms with van der Waals surface area (Å²) in [5.74, 6) is -6.17. The molecule has 2 aromatic rings. The Hall–Kier alpha value is -3.44. The first kappa shape index (κ1) is 21.3. The molecular weight excluding hydrogens is 407 g/mol. The Labute approximate surface area is 168 Å². The molecule has 1 heterocycles. The summed E-state index contributed by atoms with van der Waals surface area (Å²) in [7, 11) is -0.888. The van der Waals surface area contributed by atoms with Crippen LogP contribution in [0.15, 0.2) is 17.1 Å². The minimum atomic E-state index is -2.02. The predicted octanol–water partition coefficient (Wildman–Crippen LogP) is 1.89. The lowest BCUT2D eigenvalue weighted by atomic mass is 10.1. The first-order valence-corrected chi connectivity index (χ1v) is 8.80. The largest absolute Gasteiger partial charge is 0.870 e. The van der Waals surface area contributed by atoms with E-state index in [1.807, 2.05) is 0 Å². The number of benzene rings is 1. The van der Waals surface area contributed by atoms with Crippen molar-refractivity contribution in [1.29, 1.82) is 0 Å². The summed E-state index contributed by atoms with van der Waals surface area (Å²) in [5.41, 5.74) is -1.52. The first-order chi connectivity index (χ1) is 14.1. The average molecular weight is 423 g/mol. The molecule has 0 spiro atoms. The molecule has 158 valence electrons. The predicted molar refractivity (Wildman–Crippen MR) is 97.6 cm³/mol. The molecule has 12 heteroatoms. The van der Waals surface area contributed by atoms with Crippen LogP contribution in [-0.4, -0.2) is 36.9 Å². The van der Waals surface area contributed by atoms with Gasteiger partial charge >= 0.3 is 13.3 Å². The number of aromatic nitrogens is 1. The third kappa shape index (κ3) is 4.12. The molecule has 0 atom stereocenters. The normalized spacial score (nSPS) is 13.0. The van der Waals surface area contributed by atoms with Crippen LogP contribution in [0.1, 0.15) is 43.1 Å². The van der Waals surface area contributed by atoms with Gasteiger partial charge in [0.25, 0.3) is 11.9 Å². The van der Waals surface area contributed by atoms with Gasteiger partial charge in [0.15, 0.2) is 11.6 Å². The SMILES string of the molecule is COc1c(F)c(F)cc2c(=O)c(C(=O)OB(OC(C)=O)OC(C)=O)cn(C3CC3)c12. The van der Waals surface area contributed by atoms with E-state index in [9.17, 15) is 28.0 Å². The van der Waals surface area contributed by atoms with Gasteiger partial charge in [0, 0.05) is 26.1 Å². The van der Waals surface area contributed by atoms with Gasteiger partial charge in [0.05, 0.1) is 18.0 Å². The smallest absolute Gasteiger partial charge is 0.491 e. The number of carbonyl (C=O) groups is 3. The Bertz CT molecular complexity index is 1100. The minimum absolute atomic E-state index is 0.00280. The summed E-state index contributed by atoms with van der Waals surface area (Å²) in [4.78, 5) is 47.7. The number of pyridine rings is 1. The Morgan fingerprint density at radius 2 is 1.70 bits per heavy atom. The second-order valence-corrected chi connectivity index (χ2v) is 6.52. The van der Waals surface area contributed by atoms with Crippen LogP contribution in [0.4, 0.5) is 8.78 Å². The molecule has 0 radical (unpaired) electrons. The lowest BCUT2D eigenvalue weighted by Crippen LogP contribution is -2.35. The van der Waals surface area contributed by atoms with Crippen LogP contribution >= 0.6 is 0 Å². The van der Waals surface area contributed by atoms with Gasteiger partial charge in [-0.25, -0.2) is 9.18 Å². The van der Waals surface area contributed by atoms with E-state index in [2.05, 4.69) is 9.31 Å². The van der Waals surface area contributed by atoms with E-state index < -0.39 is 53.6 Å². The highest BCUT2D eigenvalue weighted by atomic mass is 19.2. The topological polar surface area (TPSA) is 110 Å². The second-order valence-electron chi connectivity index (χ2n) is 6.52. The quantitative estimate of drug-likeness (QED) is 0.648. The third-order valence-corrected chi connectivity index (χ3v) is 4.26. The number of ether oxygens (including phenoxy) is 1. The molecule has 1 saturated carbocycles. The Morgan fingerprint density at radius 3 is 2.20 bits per heavy atom. The van der Waals surface area contributed by atoms with Crippen LogP contribution in [0.3, 0.4) is 0 Å². The molecule has 0 bridgehead atoms. The zero-order chi connectivity index (χ0) is 22.2. The summed E-state index contributed by atoms with van der Waals surface area (Å²) in [6.45, 7) is 1.98. The number of nitrogens with zero attached hydrogens (tertiary/aromatic N) is 1. The maximum absolute atomic E-state index is 14.2. The number of methoxy groups -OCH3 is 1. The summed E-state index contributed by atoms with van der Waals surface area (Å²) in [6, 6.07) is 0.497. The van der Waals surface area contributed by atoms with Crippen LogP contribution in [0.5, 0.6) is 5.75 Å². The van der Waals surface area contributed by atoms with Gasteiger partial charge < -0.3 is 23.3 Å². The van der Waals surface area contributed by atoms with Crippen LogP contribution in [-0.2, 0) is 23.6 Å². The number of halogens is 2. The highest BCUT2D eigenvalue weighted by Crippen LogP contribution is 2.40. The number of hydrogen-bond acceptors (Lipinski definition) is 8. The molecular formula is C18H16BF2NO8. The summed E-state index contributed by atoms with van der Waals surface area (Å²) >= 11 is 0. The molecule has 0 amide bonds. The Kier molecular flexibility index (Phi) is 5.77. The van der Waals surface area contributed by atoms with Crippen LogP contribution in [0.25, 0.3) is 10.9 Å². The summed E-state index contributed by atoms with van der Waals surface area (Å²) in [5, 5.41) is -0.302. The molecule has 1 aliphatic carbocycles. The fourth-order valence-electron chi connectivity index (χ4n) is 2.90. The van der Waals surface area contributed by atoms with Crippen molar-refractivity contribution in [3.63, 3.8) is 0 Å². The highest BCUT2D eigenvalue weighted by Gasteiger charge is 2.37. The minimum Gasteiger partial charge on any atom is -0.491 e. The summed E-state index contributed by atoms with van der Waals surface area (Å²) in [6.07, 6.45) is 2.49. The first-order valence-electron chi connectivity index (χ1n) is 8.80. The lowest BCUT2D eigenvalue weighted by Gasteiger charge is -2.16. The van der Waals surface area contributed by atoms with E-state index in [0.717, 1.165) is 27.2 Å². The monoisotopic (exact) mass is 423 g/mol.